The van der Waals surface area contributed by atoms with Crippen LogP contribution in [0.25, 0.3) is 11.0 Å². The maximum absolute atomic E-state index is 13.3. The zero-order valence-electron chi connectivity index (χ0n) is 11.6. The maximum atomic E-state index is 13.3. The summed E-state index contributed by atoms with van der Waals surface area (Å²) in [5.74, 6) is -0.497. The largest absolute Gasteiger partial charge is 0.300 e. The van der Waals surface area contributed by atoms with Crippen LogP contribution in [-0.2, 0) is 0 Å². The van der Waals surface area contributed by atoms with Gasteiger partial charge in [-0.1, -0.05) is 0 Å². The zero-order valence-corrected chi connectivity index (χ0v) is 13.2. The summed E-state index contributed by atoms with van der Waals surface area (Å²) in [6, 6.07) is 6.52. The van der Waals surface area contributed by atoms with Crippen molar-refractivity contribution in [1.29, 1.82) is 0 Å². The molecule has 0 saturated heterocycles. The molecule has 0 aliphatic carbocycles. The Bertz CT molecular complexity index is 974. The Morgan fingerprint density at radius 1 is 1.33 bits per heavy atom. The molecule has 24 heavy (non-hydrogen) atoms. The number of amidine groups is 1. The normalized spacial score (nSPS) is 11.7. The third kappa shape index (κ3) is 2.81. The van der Waals surface area contributed by atoms with E-state index in [9.17, 15) is 19.7 Å². The van der Waals surface area contributed by atoms with Crippen LogP contribution in [0.1, 0.15) is 5.56 Å². The molecule has 122 valence electrons. The SMILES string of the molecule is O=[N+]([O-])c1ccc(N=C(NO)c2ccc(F)c(Br)c2)c2nonc12. The Hall–Kier alpha value is -2.92. The summed E-state index contributed by atoms with van der Waals surface area (Å²) in [5, 5.41) is 27.4. The van der Waals surface area contributed by atoms with Gasteiger partial charge in [-0.25, -0.2) is 14.0 Å². The van der Waals surface area contributed by atoms with Gasteiger partial charge in [0.1, 0.15) is 5.82 Å². The van der Waals surface area contributed by atoms with E-state index in [0.29, 0.717) is 5.56 Å². The summed E-state index contributed by atoms with van der Waals surface area (Å²) in [6.45, 7) is 0. The topological polar surface area (TPSA) is 127 Å². The van der Waals surface area contributed by atoms with Gasteiger partial charge in [-0.05, 0) is 50.5 Å². The van der Waals surface area contributed by atoms with Gasteiger partial charge in [0, 0.05) is 11.6 Å². The highest BCUT2D eigenvalue weighted by molar-refractivity contribution is 9.10. The molecule has 1 aromatic heterocycles. The predicted octanol–water partition coefficient (Wildman–Crippen LogP) is 3.09. The number of hydrogen-bond donors (Lipinski definition) is 2. The summed E-state index contributed by atoms with van der Waals surface area (Å²) in [7, 11) is 0. The van der Waals surface area contributed by atoms with Gasteiger partial charge < -0.3 is 0 Å². The first-order chi connectivity index (χ1) is 11.5. The van der Waals surface area contributed by atoms with E-state index in [1.165, 1.54) is 30.3 Å². The van der Waals surface area contributed by atoms with Gasteiger partial charge in [0.15, 0.2) is 11.4 Å². The number of nitro groups is 1. The summed E-state index contributed by atoms with van der Waals surface area (Å²) in [5.41, 5.74) is 2.15. The minimum absolute atomic E-state index is 0.0196. The molecule has 0 aliphatic rings. The minimum Gasteiger partial charge on any atom is -0.290 e. The molecule has 3 aromatic rings. The summed E-state index contributed by atoms with van der Waals surface area (Å²) in [6.07, 6.45) is 0. The number of halogens is 2. The average Bonchev–Trinajstić information content (AvgIpc) is 3.04. The molecular weight excluding hydrogens is 389 g/mol. The van der Waals surface area contributed by atoms with Crippen LogP contribution in [0.15, 0.2) is 44.4 Å². The van der Waals surface area contributed by atoms with E-state index in [-0.39, 0.29) is 32.7 Å². The Balaban J connectivity index is 2.13. The molecule has 0 saturated carbocycles. The maximum Gasteiger partial charge on any atom is 0.300 e. The Morgan fingerprint density at radius 3 is 2.75 bits per heavy atom. The Morgan fingerprint density at radius 2 is 2.08 bits per heavy atom. The molecule has 0 radical (unpaired) electrons. The van der Waals surface area contributed by atoms with Crippen LogP contribution in [-0.4, -0.2) is 26.3 Å². The number of aliphatic imine (C=N–C) groups is 1. The molecule has 0 unspecified atom stereocenters. The second-order valence-electron chi connectivity index (χ2n) is 4.52. The van der Waals surface area contributed by atoms with E-state index in [1.54, 1.807) is 0 Å². The van der Waals surface area contributed by atoms with Crippen molar-refractivity contribution in [3.63, 3.8) is 0 Å². The van der Waals surface area contributed by atoms with Crippen molar-refractivity contribution in [3.8, 4) is 0 Å². The fourth-order valence-corrected chi connectivity index (χ4v) is 2.37. The number of nitrogens with one attached hydrogen (secondary N) is 1. The van der Waals surface area contributed by atoms with E-state index in [1.807, 2.05) is 5.48 Å². The summed E-state index contributed by atoms with van der Waals surface area (Å²) < 4.78 is 18.0. The number of aromatic nitrogens is 2. The molecule has 0 amide bonds. The molecule has 0 bridgehead atoms. The fraction of sp³-hybridized carbons (Fsp3) is 0. The molecule has 11 heteroatoms. The van der Waals surface area contributed by atoms with Crippen molar-refractivity contribution in [1.82, 2.24) is 15.8 Å². The van der Waals surface area contributed by atoms with Gasteiger partial charge in [0.2, 0.25) is 5.52 Å². The van der Waals surface area contributed by atoms with E-state index in [0.717, 1.165) is 0 Å². The van der Waals surface area contributed by atoms with Crippen LogP contribution >= 0.6 is 15.9 Å². The number of hydrogen-bond acceptors (Lipinski definition) is 7. The first-order valence-corrected chi connectivity index (χ1v) is 7.14. The average molecular weight is 396 g/mol. The van der Waals surface area contributed by atoms with Gasteiger partial charge in [-0.3, -0.25) is 20.8 Å². The third-order valence-electron chi connectivity index (χ3n) is 3.10. The molecule has 2 aromatic carbocycles. The van der Waals surface area contributed by atoms with Crippen LogP contribution in [0, 0.1) is 15.9 Å². The first kappa shape index (κ1) is 16.0. The Labute approximate surface area is 141 Å². The number of nitro benzene ring substituents is 1. The first-order valence-electron chi connectivity index (χ1n) is 6.35. The van der Waals surface area contributed by atoms with Crippen molar-refractivity contribution in [2.75, 3.05) is 0 Å². The van der Waals surface area contributed by atoms with E-state index in [2.05, 4.69) is 35.9 Å². The molecule has 0 spiro atoms. The zero-order chi connectivity index (χ0) is 17.3. The van der Waals surface area contributed by atoms with Gasteiger partial charge >= 0.3 is 5.69 Å². The Kier molecular flexibility index (Phi) is 4.18. The van der Waals surface area contributed by atoms with Gasteiger partial charge in [-0.2, -0.15) is 0 Å². The minimum atomic E-state index is -0.623. The lowest BCUT2D eigenvalue weighted by Gasteiger charge is -2.06. The highest BCUT2D eigenvalue weighted by Gasteiger charge is 2.20. The quantitative estimate of drug-likeness (QED) is 0.301. The monoisotopic (exact) mass is 395 g/mol. The predicted molar refractivity (Wildman–Crippen MR) is 83.7 cm³/mol. The standard InChI is InChI=1S/C13H7BrFN5O4/c14-7-5-6(1-2-8(7)15)13(17-21)16-9-3-4-10(20(22)23)12-11(9)18-24-19-12/h1-5,21H,(H,16,17). The highest BCUT2D eigenvalue weighted by Crippen LogP contribution is 2.31. The number of non-ortho nitro benzene ring substituents is 1. The van der Waals surface area contributed by atoms with Crippen molar-refractivity contribution in [3.05, 3.63) is 56.3 Å². The summed E-state index contributed by atoms with van der Waals surface area (Å²) in [4.78, 5) is 14.5. The molecule has 9 nitrogen and oxygen atoms in total. The van der Waals surface area contributed by atoms with Crippen molar-refractivity contribution in [2.45, 2.75) is 0 Å². The van der Waals surface area contributed by atoms with Gasteiger partial charge in [0.25, 0.3) is 0 Å². The second kappa shape index (κ2) is 6.29. The summed E-state index contributed by atoms with van der Waals surface area (Å²) >= 11 is 3.04. The number of fused-ring (bicyclic) bond motifs is 1. The molecule has 0 atom stereocenters. The van der Waals surface area contributed by atoms with E-state index < -0.39 is 10.7 Å². The number of rotatable bonds is 3. The fourth-order valence-electron chi connectivity index (χ4n) is 2.00. The second-order valence-corrected chi connectivity index (χ2v) is 5.38. The number of benzene rings is 2. The van der Waals surface area contributed by atoms with E-state index in [4.69, 9.17) is 0 Å². The van der Waals surface area contributed by atoms with Gasteiger partial charge in [-0.15, -0.1) is 0 Å². The lowest BCUT2D eigenvalue weighted by molar-refractivity contribution is -0.383. The smallest absolute Gasteiger partial charge is 0.290 e. The van der Waals surface area contributed by atoms with E-state index >= 15 is 0 Å². The van der Waals surface area contributed by atoms with Gasteiger partial charge in [0.05, 0.1) is 15.1 Å². The molecule has 1 heterocycles. The highest BCUT2D eigenvalue weighted by atomic mass is 79.9. The van der Waals surface area contributed by atoms with Crippen LogP contribution in [0.2, 0.25) is 0 Å². The van der Waals surface area contributed by atoms with Crippen LogP contribution in [0.3, 0.4) is 0 Å². The lowest BCUT2D eigenvalue weighted by Crippen LogP contribution is -2.20. The molecular formula is C13H7BrFN5O4. The van der Waals surface area contributed by atoms with Crippen LogP contribution < -0.4 is 5.48 Å². The van der Waals surface area contributed by atoms with Crippen molar-refractivity contribution in [2.24, 2.45) is 4.99 Å². The number of nitrogens with zero attached hydrogens (tertiary/aromatic N) is 4. The molecule has 0 aliphatic heterocycles. The molecule has 0 fully saturated rings. The molecule has 2 N–H and O–H groups in total. The molecule has 3 rings (SSSR count). The van der Waals surface area contributed by atoms with Crippen LogP contribution in [0.5, 0.6) is 0 Å². The van der Waals surface area contributed by atoms with Crippen LogP contribution in [0.4, 0.5) is 15.8 Å². The lowest BCUT2D eigenvalue weighted by atomic mass is 10.2. The van der Waals surface area contributed by atoms with Crippen molar-refractivity contribution < 1.29 is 19.2 Å². The number of hydroxylamine groups is 1. The third-order valence-corrected chi connectivity index (χ3v) is 3.71. The van der Waals surface area contributed by atoms with Crippen molar-refractivity contribution >= 4 is 44.2 Å².